The summed E-state index contributed by atoms with van der Waals surface area (Å²) in [4.78, 5) is 15.4. The molecule has 1 N–H and O–H groups in total. The number of rotatable bonds is 9. The molecule has 0 spiro atoms. The Kier molecular flexibility index (Phi) is 8.38. The van der Waals surface area contributed by atoms with E-state index in [0.29, 0.717) is 28.2 Å². The van der Waals surface area contributed by atoms with Crippen LogP contribution in [-0.4, -0.2) is 44.2 Å². The number of carbonyl (C=O) groups excluding carboxylic acids is 1. The van der Waals surface area contributed by atoms with Crippen molar-refractivity contribution in [2.24, 2.45) is 5.92 Å². The highest BCUT2D eigenvalue weighted by molar-refractivity contribution is 6.35. The molecule has 6 nitrogen and oxygen atoms in total. The zero-order valence-electron chi connectivity index (χ0n) is 19.0. The largest absolute Gasteiger partial charge is 0.497 e. The standard InChI is InChI=1S/C26H28Cl2N2O4/c1-32-21-7-4-18(5-8-21)25(24-3-2-15-33-24)29-26(31)19-10-12-30(13-11-19)14-16-34-23-9-6-20(27)17-22(23)28/h2-9,15,17,19,25H,10-14,16H2,1H3,(H,29,31). The van der Waals surface area contributed by atoms with Crippen molar-refractivity contribution in [2.45, 2.75) is 18.9 Å². The predicted octanol–water partition coefficient (Wildman–Crippen LogP) is 5.59. The lowest BCUT2D eigenvalue weighted by molar-refractivity contribution is -0.127. The summed E-state index contributed by atoms with van der Waals surface area (Å²) in [6.45, 7) is 2.97. The Morgan fingerprint density at radius 3 is 2.56 bits per heavy atom. The highest BCUT2D eigenvalue weighted by atomic mass is 35.5. The number of hydrogen-bond donors (Lipinski definition) is 1. The lowest BCUT2D eigenvalue weighted by Gasteiger charge is -2.32. The van der Waals surface area contributed by atoms with Crippen LogP contribution in [0.5, 0.6) is 11.5 Å². The lowest BCUT2D eigenvalue weighted by Crippen LogP contribution is -2.42. The van der Waals surface area contributed by atoms with Gasteiger partial charge in [0.25, 0.3) is 0 Å². The third-order valence-corrected chi connectivity index (χ3v) is 6.61. The van der Waals surface area contributed by atoms with Crippen LogP contribution in [0.25, 0.3) is 0 Å². The van der Waals surface area contributed by atoms with Gasteiger partial charge in [0.1, 0.15) is 29.9 Å². The van der Waals surface area contributed by atoms with E-state index in [1.165, 1.54) is 0 Å². The SMILES string of the molecule is COc1ccc(C(NC(=O)C2CCN(CCOc3ccc(Cl)cc3Cl)CC2)c2ccco2)cc1. The molecule has 0 aliphatic carbocycles. The van der Waals surface area contributed by atoms with Crippen molar-refractivity contribution in [3.63, 3.8) is 0 Å². The van der Waals surface area contributed by atoms with E-state index in [0.717, 1.165) is 43.8 Å². The van der Waals surface area contributed by atoms with Gasteiger partial charge >= 0.3 is 0 Å². The van der Waals surface area contributed by atoms with Crippen molar-refractivity contribution < 1.29 is 18.7 Å². The first kappa shape index (κ1) is 24.5. The number of amides is 1. The van der Waals surface area contributed by atoms with Gasteiger partial charge in [-0.2, -0.15) is 0 Å². The molecule has 34 heavy (non-hydrogen) atoms. The number of piperidine rings is 1. The molecule has 0 saturated carbocycles. The molecule has 4 rings (SSSR count). The van der Waals surface area contributed by atoms with E-state index in [4.69, 9.17) is 37.1 Å². The number of hydrogen-bond acceptors (Lipinski definition) is 5. The van der Waals surface area contributed by atoms with E-state index in [9.17, 15) is 4.79 Å². The second-order valence-corrected chi connectivity index (χ2v) is 9.11. The highest BCUT2D eigenvalue weighted by Crippen LogP contribution is 2.28. The van der Waals surface area contributed by atoms with Crippen molar-refractivity contribution >= 4 is 29.1 Å². The zero-order valence-corrected chi connectivity index (χ0v) is 20.5. The molecule has 1 aliphatic rings. The smallest absolute Gasteiger partial charge is 0.224 e. The van der Waals surface area contributed by atoms with Crippen LogP contribution in [0.3, 0.4) is 0 Å². The summed E-state index contributed by atoms with van der Waals surface area (Å²) in [6.07, 6.45) is 3.21. The van der Waals surface area contributed by atoms with Crippen LogP contribution in [0.4, 0.5) is 0 Å². The second-order valence-electron chi connectivity index (χ2n) is 8.27. The number of carbonyl (C=O) groups is 1. The van der Waals surface area contributed by atoms with Crippen molar-refractivity contribution in [1.82, 2.24) is 10.2 Å². The first-order valence-electron chi connectivity index (χ1n) is 11.3. The third kappa shape index (κ3) is 6.26. The van der Waals surface area contributed by atoms with Gasteiger partial charge in [0.15, 0.2) is 0 Å². The van der Waals surface area contributed by atoms with Crippen LogP contribution >= 0.6 is 23.2 Å². The number of furan rings is 1. The fourth-order valence-electron chi connectivity index (χ4n) is 4.13. The van der Waals surface area contributed by atoms with Gasteiger partial charge < -0.3 is 19.2 Å². The van der Waals surface area contributed by atoms with Gasteiger partial charge in [-0.3, -0.25) is 9.69 Å². The van der Waals surface area contributed by atoms with Crippen LogP contribution in [0.2, 0.25) is 10.0 Å². The maximum Gasteiger partial charge on any atom is 0.224 e. The molecular formula is C26H28Cl2N2O4. The quantitative estimate of drug-likeness (QED) is 0.413. The number of halogens is 2. The topological polar surface area (TPSA) is 63.9 Å². The zero-order chi connectivity index (χ0) is 23.9. The molecule has 2 aromatic carbocycles. The van der Waals surface area contributed by atoms with Crippen LogP contribution in [0.15, 0.2) is 65.3 Å². The molecule has 8 heteroatoms. The number of likely N-dealkylation sites (tertiary alicyclic amines) is 1. The fraction of sp³-hybridized carbons (Fsp3) is 0.346. The molecule has 1 amide bonds. The molecule has 1 unspecified atom stereocenters. The number of benzene rings is 2. The Bertz CT molecular complexity index is 1060. The van der Waals surface area contributed by atoms with Crippen LogP contribution < -0.4 is 14.8 Å². The van der Waals surface area contributed by atoms with Crippen molar-refractivity contribution in [3.8, 4) is 11.5 Å². The average Bonchev–Trinajstić information content (AvgIpc) is 3.39. The molecule has 2 heterocycles. The van der Waals surface area contributed by atoms with Crippen molar-refractivity contribution in [2.75, 3.05) is 33.4 Å². The molecule has 0 bridgehead atoms. The molecule has 1 atom stereocenters. The molecular weight excluding hydrogens is 475 g/mol. The second kappa shape index (κ2) is 11.6. The predicted molar refractivity (Wildman–Crippen MR) is 133 cm³/mol. The maximum atomic E-state index is 13.1. The van der Waals surface area contributed by atoms with Gasteiger partial charge in [0, 0.05) is 17.5 Å². The van der Waals surface area contributed by atoms with E-state index in [1.54, 1.807) is 31.6 Å². The maximum absolute atomic E-state index is 13.1. The summed E-state index contributed by atoms with van der Waals surface area (Å²) in [5.41, 5.74) is 0.944. The lowest BCUT2D eigenvalue weighted by atomic mass is 9.94. The number of nitrogens with zero attached hydrogens (tertiary/aromatic N) is 1. The van der Waals surface area contributed by atoms with Crippen molar-refractivity contribution in [1.29, 1.82) is 0 Å². The van der Waals surface area contributed by atoms with E-state index in [-0.39, 0.29) is 17.9 Å². The molecule has 180 valence electrons. The number of nitrogens with one attached hydrogen (secondary N) is 1. The fourth-order valence-corrected chi connectivity index (χ4v) is 4.59. The Balaban J connectivity index is 1.28. The molecule has 1 fully saturated rings. The average molecular weight is 503 g/mol. The first-order valence-corrected chi connectivity index (χ1v) is 12.1. The summed E-state index contributed by atoms with van der Waals surface area (Å²) < 4.78 is 16.7. The van der Waals surface area contributed by atoms with Gasteiger partial charge in [-0.25, -0.2) is 0 Å². The van der Waals surface area contributed by atoms with Crippen molar-refractivity contribution in [3.05, 3.63) is 82.2 Å². The van der Waals surface area contributed by atoms with Gasteiger partial charge in [-0.1, -0.05) is 35.3 Å². The van der Waals surface area contributed by atoms with E-state index in [2.05, 4.69) is 10.2 Å². The minimum atomic E-state index is -0.344. The normalized spacial score (nSPS) is 15.6. The summed E-state index contributed by atoms with van der Waals surface area (Å²) in [7, 11) is 1.63. The first-order chi connectivity index (χ1) is 16.5. The summed E-state index contributed by atoms with van der Waals surface area (Å²) >= 11 is 12.1. The van der Waals surface area contributed by atoms with E-state index >= 15 is 0 Å². The Labute approximate surface area is 209 Å². The van der Waals surface area contributed by atoms with Gasteiger partial charge in [-0.05, 0) is 74.0 Å². The molecule has 1 aromatic heterocycles. The Morgan fingerprint density at radius 2 is 1.91 bits per heavy atom. The van der Waals surface area contributed by atoms with Crippen LogP contribution in [0.1, 0.15) is 30.2 Å². The summed E-state index contributed by atoms with van der Waals surface area (Å²) in [5, 5.41) is 4.28. The Morgan fingerprint density at radius 1 is 1.15 bits per heavy atom. The third-order valence-electron chi connectivity index (χ3n) is 6.08. The van der Waals surface area contributed by atoms with Crippen LogP contribution in [-0.2, 0) is 4.79 Å². The summed E-state index contributed by atoms with van der Waals surface area (Å²) in [5.74, 6) is 2.10. The van der Waals surface area contributed by atoms with E-state index < -0.39 is 0 Å². The Hall–Kier alpha value is -2.67. The van der Waals surface area contributed by atoms with Gasteiger partial charge in [-0.15, -0.1) is 0 Å². The van der Waals surface area contributed by atoms with Crippen LogP contribution in [0, 0.1) is 5.92 Å². The molecule has 3 aromatic rings. The summed E-state index contributed by atoms with van der Waals surface area (Å²) in [6, 6.07) is 16.2. The monoisotopic (exact) mass is 502 g/mol. The molecule has 1 aliphatic heterocycles. The molecule has 0 radical (unpaired) electrons. The van der Waals surface area contributed by atoms with Gasteiger partial charge in [0.05, 0.1) is 18.4 Å². The number of ether oxygens (including phenoxy) is 2. The highest BCUT2D eigenvalue weighted by Gasteiger charge is 2.28. The molecule has 1 saturated heterocycles. The van der Waals surface area contributed by atoms with Gasteiger partial charge in [0.2, 0.25) is 5.91 Å². The minimum Gasteiger partial charge on any atom is -0.497 e. The number of methoxy groups -OCH3 is 1. The minimum absolute atomic E-state index is 0.0427. The van der Waals surface area contributed by atoms with E-state index in [1.807, 2.05) is 36.4 Å².